The van der Waals surface area contributed by atoms with E-state index in [-0.39, 0.29) is 12.4 Å². The van der Waals surface area contributed by atoms with Gasteiger partial charge in [0.25, 0.3) is 5.91 Å². The lowest BCUT2D eigenvalue weighted by atomic mass is 10.2. The second-order valence-corrected chi connectivity index (χ2v) is 5.98. The molecule has 9 heteroatoms. The molecule has 0 aliphatic heterocycles. The second kappa shape index (κ2) is 10.2. The minimum Gasteiger partial charge on any atom is -0.493 e. The average Bonchev–Trinajstić information content (AvgIpc) is 2.67. The smallest absolute Gasteiger partial charge is 0.344 e. The van der Waals surface area contributed by atoms with Gasteiger partial charge in [-0.15, -0.1) is 0 Å². The molecule has 0 heterocycles. The third-order valence-electron chi connectivity index (χ3n) is 3.41. The van der Waals surface area contributed by atoms with Crippen LogP contribution < -0.4 is 19.6 Å². The van der Waals surface area contributed by atoms with Crippen molar-refractivity contribution in [2.24, 2.45) is 5.10 Å². The largest absolute Gasteiger partial charge is 0.493 e. The number of carbonyl (C=O) groups excluding carboxylic acids is 1. The lowest BCUT2D eigenvalue weighted by Crippen LogP contribution is -2.24. The fourth-order valence-corrected chi connectivity index (χ4v) is 2.20. The molecule has 0 aliphatic carbocycles. The van der Waals surface area contributed by atoms with Crippen LogP contribution in [0.4, 0.5) is 0 Å². The van der Waals surface area contributed by atoms with Gasteiger partial charge in [0.2, 0.25) is 0 Å². The maximum atomic E-state index is 11.8. The van der Waals surface area contributed by atoms with Gasteiger partial charge in [-0.3, -0.25) is 4.79 Å². The first-order chi connectivity index (χ1) is 13.4. The van der Waals surface area contributed by atoms with Gasteiger partial charge in [0.15, 0.2) is 24.2 Å². The summed E-state index contributed by atoms with van der Waals surface area (Å²) in [7, 11) is 1.43. The molecule has 0 saturated heterocycles. The summed E-state index contributed by atoms with van der Waals surface area (Å²) >= 11 is 5.84. The van der Waals surface area contributed by atoms with Crippen LogP contribution in [-0.4, -0.2) is 43.0 Å². The lowest BCUT2D eigenvalue weighted by Gasteiger charge is -2.14. The fraction of sp³-hybridized carbons (Fsp3) is 0.211. The van der Waals surface area contributed by atoms with Gasteiger partial charge >= 0.3 is 5.97 Å². The van der Waals surface area contributed by atoms with E-state index in [1.807, 2.05) is 0 Å². The predicted molar refractivity (Wildman–Crippen MR) is 103 cm³/mol. The van der Waals surface area contributed by atoms with Crippen molar-refractivity contribution in [1.29, 1.82) is 0 Å². The number of hydrogen-bond acceptors (Lipinski definition) is 6. The topological polar surface area (TPSA) is 106 Å². The SMILES string of the molecule is COc1cc(/C=N/NC(=O)COc2cccc(Cl)c2)ccc1O[C@H](C)C(=O)O. The van der Waals surface area contributed by atoms with Crippen LogP contribution >= 0.6 is 11.6 Å². The maximum absolute atomic E-state index is 11.8. The van der Waals surface area contributed by atoms with Crippen LogP contribution in [0.5, 0.6) is 17.2 Å². The highest BCUT2D eigenvalue weighted by Crippen LogP contribution is 2.28. The molecule has 0 saturated carbocycles. The van der Waals surface area contributed by atoms with Crippen molar-refractivity contribution in [2.45, 2.75) is 13.0 Å². The minimum absolute atomic E-state index is 0.221. The average molecular weight is 407 g/mol. The molecule has 1 atom stereocenters. The number of rotatable bonds is 9. The summed E-state index contributed by atoms with van der Waals surface area (Å²) in [4.78, 5) is 22.7. The number of halogens is 1. The number of hydrogen-bond donors (Lipinski definition) is 2. The summed E-state index contributed by atoms with van der Waals surface area (Å²) in [6, 6.07) is 11.5. The Morgan fingerprint density at radius 3 is 2.71 bits per heavy atom. The van der Waals surface area contributed by atoms with Crippen LogP contribution in [0.15, 0.2) is 47.6 Å². The van der Waals surface area contributed by atoms with E-state index in [1.165, 1.54) is 20.2 Å². The number of ether oxygens (including phenoxy) is 3. The molecule has 0 aliphatic rings. The van der Waals surface area contributed by atoms with E-state index < -0.39 is 18.0 Å². The zero-order chi connectivity index (χ0) is 20.5. The Labute approximate surface area is 166 Å². The van der Waals surface area contributed by atoms with Crippen molar-refractivity contribution in [2.75, 3.05) is 13.7 Å². The fourth-order valence-electron chi connectivity index (χ4n) is 2.02. The number of amides is 1. The molecule has 2 aromatic rings. The number of nitrogens with zero attached hydrogens (tertiary/aromatic N) is 1. The zero-order valence-electron chi connectivity index (χ0n) is 15.2. The van der Waals surface area contributed by atoms with E-state index in [9.17, 15) is 9.59 Å². The van der Waals surface area contributed by atoms with Gasteiger partial charge in [0, 0.05) is 5.02 Å². The Hall–Kier alpha value is -3.26. The Bertz CT molecular complexity index is 871. The summed E-state index contributed by atoms with van der Waals surface area (Å²) in [5.41, 5.74) is 2.95. The number of carboxylic acid groups (broad SMARTS) is 1. The number of nitrogens with one attached hydrogen (secondary N) is 1. The number of aliphatic carboxylic acids is 1. The first-order valence-corrected chi connectivity index (χ1v) is 8.54. The van der Waals surface area contributed by atoms with Crippen LogP contribution in [0.3, 0.4) is 0 Å². The quantitative estimate of drug-likeness (QED) is 0.490. The van der Waals surface area contributed by atoms with Gasteiger partial charge in [-0.05, 0) is 48.9 Å². The summed E-state index contributed by atoms with van der Waals surface area (Å²) in [6.45, 7) is 1.19. The van der Waals surface area contributed by atoms with Crippen molar-refractivity contribution in [3.8, 4) is 17.2 Å². The molecule has 0 aromatic heterocycles. The zero-order valence-corrected chi connectivity index (χ0v) is 16.0. The molecule has 0 spiro atoms. The van der Waals surface area contributed by atoms with E-state index in [0.29, 0.717) is 22.1 Å². The number of methoxy groups -OCH3 is 1. The third kappa shape index (κ3) is 6.48. The van der Waals surface area contributed by atoms with Gasteiger partial charge in [-0.25, -0.2) is 10.2 Å². The second-order valence-electron chi connectivity index (χ2n) is 5.55. The Morgan fingerprint density at radius 1 is 1.25 bits per heavy atom. The van der Waals surface area contributed by atoms with Crippen LogP contribution in [0.2, 0.25) is 5.02 Å². The van der Waals surface area contributed by atoms with Crippen molar-refractivity contribution in [3.05, 3.63) is 53.1 Å². The minimum atomic E-state index is -1.09. The summed E-state index contributed by atoms with van der Waals surface area (Å²) in [6.07, 6.45) is 0.386. The molecule has 148 valence electrons. The first-order valence-electron chi connectivity index (χ1n) is 8.17. The number of benzene rings is 2. The Kier molecular flexibility index (Phi) is 7.65. The van der Waals surface area contributed by atoms with E-state index in [0.717, 1.165) is 0 Å². The maximum Gasteiger partial charge on any atom is 0.344 e. The standard InChI is InChI=1S/C19H19ClN2O6/c1-12(19(24)25)28-16-7-6-13(8-17(16)26-2)10-21-22-18(23)11-27-15-5-3-4-14(20)9-15/h3-10,12H,11H2,1-2H3,(H,22,23)(H,24,25)/b21-10+/t12-/m1/s1. The van der Waals surface area contributed by atoms with E-state index in [2.05, 4.69) is 10.5 Å². The van der Waals surface area contributed by atoms with E-state index >= 15 is 0 Å². The highest BCUT2D eigenvalue weighted by atomic mass is 35.5. The van der Waals surface area contributed by atoms with Gasteiger partial charge in [-0.1, -0.05) is 17.7 Å². The molecule has 0 unspecified atom stereocenters. The molecular weight excluding hydrogens is 388 g/mol. The molecule has 2 N–H and O–H groups in total. The predicted octanol–water partition coefficient (Wildman–Crippen LogP) is 2.73. The Morgan fingerprint density at radius 2 is 2.04 bits per heavy atom. The van der Waals surface area contributed by atoms with Crippen molar-refractivity contribution in [1.82, 2.24) is 5.43 Å². The van der Waals surface area contributed by atoms with E-state index in [4.69, 9.17) is 30.9 Å². The van der Waals surface area contributed by atoms with E-state index in [1.54, 1.807) is 42.5 Å². The van der Waals surface area contributed by atoms with Gasteiger partial charge in [0.05, 0.1) is 13.3 Å². The normalized spacial score (nSPS) is 11.7. The highest BCUT2D eigenvalue weighted by Gasteiger charge is 2.15. The Balaban J connectivity index is 1.90. The van der Waals surface area contributed by atoms with Crippen LogP contribution in [0, 0.1) is 0 Å². The van der Waals surface area contributed by atoms with Gasteiger partial charge < -0.3 is 19.3 Å². The monoisotopic (exact) mass is 406 g/mol. The number of hydrazone groups is 1. The van der Waals surface area contributed by atoms with Crippen molar-refractivity contribution < 1.29 is 28.9 Å². The summed E-state index contributed by atoms with van der Waals surface area (Å²) < 4.78 is 15.8. The van der Waals surface area contributed by atoms with Crippen molar-refractivity contribution >= 4 is 29.7 Å². The molecule has 8 nitrogen and oxygen atoms in total. The summed E-state index contributed by atoms with van der Waals surface area (Å²) in [5, 5.41) is 13.3. The molecule has 2 aromatic carbocycles. The molecule has 0 radical (unpaired) electrons. The lowest BCUT2D eigenvalue weighted by molar-refractivity contribution is -0.144. The molecule has 2 rings (SSSR count). The third-order valence-corrected chi connectivity index (χ3v) is 3.64. The molecule has 0 fully saturated rings. The number of carbonyl (C=O) groups is 2. The molecule has 0 bridgehead atoms. The van der Waals surface area contributed by atoms with Crippen molar-refractivity contribution in [3.63, 3.8) is 0 Å². The molecule has 1 amide bonds. The van der Waals surface area contributed by atoms with Crippen LogP contribution in [0.1, 0.15) is 12.5 Å². The van der Waals surface area contributed by atoms with Gasteiger partial charge in [0.1, 0.15) is 5.75 Å². The van der Waals surface area contributed by atoms with Gasteiger partial charge in [-0.2, -0.15) is 5.10 Å². The van der Waals surface area contributed by atoms with Crippen LogP contribution in [0.25, 0.3) is 0 Å². The summed E-state index contributed by atoms with van der Waals surface area (Å²) in [5.74, 6) is -0.433. The first kappa shape index (κ1) is 21.0. The highest BCUT2D eigenvalue weighted by molar-refractivity contribution is 6.30. The molecular formula is C19H19ClN2O6. The van der Waals surface area contributed by atoms with Crippen LogP contribution in [-0.2, 0) is 9.59 Å². The molecule has 28 heavy (non-hydrogen) atoms. The number of carboxylic acids is 1.